The third-order valence-electron chi connectivity index (χ3n) is 6.07. The van der Waals surface area contributed by atoms with Crippen molar-refractivity contribution in [2.45, 2.75) is 44.1 Å². The van der Waals surface area contributed by atoms with Crippen molar-refractivity contribution in [3.05, 3.63) is 0 Å². The van der Waals surface area contributed by atoms with Crippen LogP contribution in [0.15, 0.2) is 4.99 Å². The van der Waals surface area contributed by atoms with E-state index in [4.69, 9.17) is 20.2 Å². The van der Waals surface area contributed by atoms with Crippen LogP contribution in [0, 0.1) is 0 Å². The summed E-state index contributed by atoms with van der Waals surface area (Å²) in [5.41, 5.74) is 6.36. The van der Waals surface area contributed by atoms with Crippen LogP contribution in [0.3, 0.4) is 0 Å². The van der Waals surface area contributed by atoms with Gasteiger partial charge in [0.15, 0.2) is 5.96 Å². The first kappa shape index (κ1) is 19.9. The van der Waals surface area contributed by atoms with Crippen LogP contribution in [-0.4, -0.2) is 93.5 Å². The second kappa shape index (κ2) is 10.4. The maximum atomic E-state index is 6.16. The molecule has 150 valence electrons. The standard InChI is InChI=1S/C19H37N5O2/c20-18(21-7-4-8-23-9-13-25-14-10-23)22-17-19(5-2-1-3-6-19)24-11-15-26-16-12-24/h1-17H2,(H3,20,21,22). The van der Waals surface area contributed by atoms with Gasteiger partial charge in [0, 0.05) is 38.3 Å². The van der Waals surface area contributed by atoms with Crippen molar-refractivity contribution in [3.63, 3.8) is 0 Å². The zero-order valence-corrected chi connectivity index (χ0v) is 16.3. The van der Waals surface area contributed by atoms with Gasteiger partial charge in [0.25, 0.3) is 0 Å². The van der Waals surface area contributed by atoms with Gasteiger partial charge in [0.2, 0.25) is 0 Å². The molecule has 0 spiro atoms. The van der Waals surface area contributed by atoms with Crippen molar-refractivity contribution in [2.75, 3.05) is 72.2 Å². The van der Waals surface area contributed by atoms with Gasteiger partial charge in [-0.1, -0.05) is 19.3 Å². The van der Waals surface area contributed by atoms with Crippen molar-refractivity contribution >= 4 is 5.96 Å². The van der Waals surface area contributed by atoms with Crippen LogP contribution in [0.25, 0.3) is 0 Å². The largest absolute Gasteiger partial charge is 0.379 e. The normalized spacial score (nSPS) is 25.9. The predicted octanol–water partition coefficient (Wildman–Crippen LogP) is 0.648. The first-order valence-electron chi connectivity index (χ1n) is 10.5. The van der Waals surface area contributed by atoms with Gasteiger partial charge in [-0.3, -0.25) is 14.8 Å². The SMILES string of the molecule is NC(=NCC1(N2CCOCC2)CCCCC1)NCCCN1CCOCC1. The lowest BCUT2D eigenvalue weighted by molar-refractivity contribution is -0.0333. The first-order chi connectivity index (χ1) is 12.8. The Morgan fingerprint density at radius 3 is 2.31 bits per heavy atom. The number of morpholine rings is 2. The monoisotopic (exact) mass is 367 g/mol. The molecule has 26 heavy (non-hydrogen) atoms. The molecule has 0 bridgehead atoms. The summed E-state index contributed by atoms with van der Waals surface area (Å²) in [5.74, 6) is 0.602. The van der Waals surface area contributed by atoms with Crippen molar-refractivity contribution in [1.29, 1.82) is 0 Å². The van der Waals surface area contributed by atoms with Gasteiger partial charge in [-0.15, -0.1) is 0 Å². The highest BCUT2D eigenvalue weighted by Gasteiger charge is 2.38. The Kier molecular flexibility index (Phi) is 7.98. The number of nitrogens with zero attached hydrogens (tertiary/aromatic N) is 3. The minimum Gasteiger partial charge on any atom is -0.379 e. The van der Waals surface area contributed by atoms with Crippen molar-refractivity contribution in [1.82, 2.24) is 15.1 Å². The van der Waals surface area contributed by atoms with E-state index in [2.05, 4.69) is 15.1 Å². The van der Waals surface area contributed by atoms with Crippen molar-refractivity contribution in [2.24, 2.45) is 10.7 Å². The van der Waals surface area contributed by atoms with E-state index in [1.165, 1.54) is 32.1 Å². The molecule has 0 atom stereocenters. The molecule has 0 aromatic carbocycles. The second-order valence-corrected chi connectivity index (χ2v) is 7.82. The van der Waals surface area contributed by atoms with Crippen LogP contribution >= 0.6 is 0 Å². The fourth-order valence-corrected chi connectivity index (χ4v) is 4.45. The van der Waals surface area contributed by atoms with Crippen molar-refractivity contribution in [3.8, 4) is 0 Å². The number of rotatable bonds is 7. The molecule has 0 radical (unpaired) electrons. The molecule has 0 amide bonds. The maximum absolute atomic E-state index is 6.16. The molecule has 0 unspecified atom stereocenters. The zero-order valence-electron chi connectivity index (χ0n) is 16.3. The van der Waals surface area contributed by atoms with Crippen LogP contribution < -0.4 is 11.1 Å². The van der Waals surface area contributed by atoms with E-state index in [9.17, 15) is 0 Å². The van der Waals surface area contributed by atoms with Gasteiger partial charge < -0.3 is 20.5 Å². The Morgan fingerprint density at radius 1 is 0.962 bits per heavy atom. The van der Waals surface area contributed by atoms with Crippen LogP contribution in [0.4, 0.5) is 0 Å². The highest BCUT2D eigenvalue weighted by Crippen LogP contribution is 2.34. The smallest absolute Gasteiger partial charge is 0.188 e. The Morgan fingerprint density at radius 2 is 1.62 bits per heavy atom. The quantitative estimate of drug-likeness (QED) is 0.391. The molecule has 3 fully saturated rings. The number of aliphatic imine (C=N–C) groups is 1. The summed E-state index contributed by atoms with van der Waals surface area (Å²) >= 11 is 0. The van der Waals surface area contributed by atoms with E-state index in [0.717, 1.165) is 78.7 Å². The highest BCUT2D eigenvalue weighted by atomic mass is 16.5. The minimum absolute atomic E-state index is 0.197. The van der Waals surface area contributed by atoms with Gasteiger partial charge in [-0.2, -0.15) is 0 Å². The molecular weight excluding hydrogens is 330 g/mol. The summed E-state index contributed by atoms with van der Waals surface area (Å²) in [6.45, 7) is 10.4. The Balaban J connectivity index is 1.42. The highest BCUT2D eigenvalue weighted by molar-refractivity contribution is 5.77. The summed E-state index contributed by atoms with van der Waals surface area (Å²) in [7, 11) is 0. The number of hydrogen-bond acceptors (Lipinski definition) is 5. The molecular formula is C19H37N5O2. The molecule has 0 aromatic heterocycles. The number of guanidine groups is 1. The number of nitrogens with two attached hydrogens (primary N) is 1. The molecule has 7 heteroatoms. The average Bonchev–Trinajstić information content (AvgIpc) is 2.72. The van der Waals surface area contributed by atoms with Crippen molar-refractivity contribution < 1.29 is 9.47 Å². The van der Waals surface area contributed by atoms with Gasteiger partial charge in [-0.05, 0) is 25.8 Å². The third kappa shape index (κ3) is 5.81. The lowest BCUT2D eigenvalue weighted by Crippen LogP contribution is -2.56. The summed E-state index contributed by atoms with van der Waals surface area (Å²) in [5, 5.41) is 3.31. The van der Waals surface area contributed by atoms with Crippen LogP contribution in [0.2, 0.25) is 0 Å². The lowest BCUT2D eigenvalue weighted by atomic mass is 9.80. The summed E-state index contributed by atoms with van der Waals surface area (Å²) in [6, 6.07) is 0. The number of ether oxygens (including phenoxy) is 2. The van der Waals surface area contributed by atoms with Crippen LogP contribution in [0.5, 0.6) is 0 Å². The topological polar surface area (TPSA) is 75.3 Å². The van der Waals surface area contributed by atoms with E-state index < -0.39 is 0 Å². The maximum Gasteiger partial charge on any atom is 0.188 e. The van der Waals surface area contributed by atoms with Crippen LogP contribution in [0.1, 0.15) is 38.5 Å². The zero-order chi connectivity index (χ0) is 18.1. The third-order valence-corrected chi connectivity index (χ3v) is 6.07. The predicted molar refractivity (Wildman–Crippen MR) is 105 cm³/mol. The van der Waals surface area contributed by atoms with Gasteiger partial charge >= 0.3 is 0 Å². The summed E-state index contributed by atoms with van der Waals surface area (Å²) < 4.78 is 10.9. The molecule has 2 aliphatic heterocycles. The summed E-state index contributed by atoms with van der Waals surface area (Å²) in [6.07, 6.45) is 7.52. The molecule has 3 rings (SSSR count). The fraction of sp³-hybridized carbons (Fsp3) is 0.947. The van der Waals surface area contributed by atoms with E-state index in [1.807, 2.05) is 0 Å². The molecule has 7 nitrogen and oxygen atoms in total. The Labute approximate surface area is 158 Å². The molecule has 2 saturated heterocycles. The van der Waals surface area contributed by atoms with E-state index >= 15 is 0 Å². The van der Waals surface area contributed by atoms with Gasteiger partial charge in [-0.25, -0.2) is 0 Å². The average molecular weight is 368 g/mol. The van der Waals surface area contributed by atoms with E-state index in [0.29, 0.717) is 5.96 Å². The summed E-state index contributed by atoms with van der Waals surface area (Å²) in [4.78, 5) is 9.82. The molecule has 1 saturated carbocycles. The number of nitrogens with one attached hydrogen (secondary N) is 1. The van der Waals surface area contributed by atoms with E-state index in [1.54, 1.807) is 0 Å². The Bertz CT molecular complexity index is 428. The lowest BCUT2D eigenvalue weighted by Gasteiger charge is -2.47. The Hall–Kier alpha value is -0.890. The van der Waals surface area contributed by atoms with Gasteiger partial charge in [0.1, 0.15) is 0 Å². The number of hydrogen-bond donors (Lipinski definition) is 2. The molecule has 2 heterocycles. The molecule has 1 aliphatic carbocycles. The molecule has 3 N–H and O–H groups in total. The molecule has 3 aliphatic rings. The fourth-order valence-electron chi connectivity index (χ4n) is 4.45. The van der Waals surface area contributed by atoms with Crippen LogP contribution in [-0.2, 0) is 9.47 Å². The van der Waals surface area contributed by atoms with Gasteiger partial charge in [0.05, 0.1) is 33.0 Å². The first-order valence-corrected chi connectivity index (χ1v) is 10.5. The second-order valence-electron chi connectivity index (χ2n) is 7.82. The van der Waals surface area contributed by atoms with E-state index in [-0.39, 0.29) is 5.54 Å². The minimum atomic E-state index is 0.197. The molecule has 0 aromatic rings.